The van der Waals surface area contributed by atoms with Crippen LogP contribution >= 0.6 is 11.6 Å². The van der Waals surface area contributed by atoms with Crippen molar-refractivity contribution in [1.82, 2.24) is 0 Å². The van der Waals surface area contributed by atoms with Crippen LogP contribution in [0.15, 0.2) is 50.6 Å². The van der Waals surface area contributed by atoms with E-state index in [1.165, 1.54) is 18.2 Å². The molecule has 11 nitrogen and oxygen atoms in total. The minimum atomic E-state index is -1.79. The first-order chi connectivity index (χ1) is 25.8. The van der Waals surface area contributed by atoms with Crippen LogP contribution in [0.2, 0.25) is 103 Å². The number of aliphatic hydroxyl groups excluding tert-OH is 3. The Morgan fingerprint density at radius 2 is 0.870 bits per heavy atom. The number of allylic oxidation sites excluding steroid dienone is 1. The third-order valence-corrected chi connectivity index (χ3v) is 26.1. The third kappa shape index (κ3) is 55.3. The van der Waals surface area contributed by atoms with E-state index in [0.29, 0.717) is 13.2 Å². The van der Waals surface area contributed by atoms with Gasteiger partial charge < -0.3 is 37.1 Å². The monoisotopic (exact) mass is 894 g/mol. The van der Waals surface area contributed by atoms with E-state index in [2.05, 4.69) is 105 Å². The van der Waals surface area contributed by atoms with Crippen LogP contribution in [0.1, 0.15) is 28.7 Å². The molecule has 0 aliphatic carbocycles. The summed E-state index contributed by atoms with van der Waals surface area (Å²) in [6, 6.07) is 3.94. The fraction of sp³-hybridized carbons (Fsp3) is 0.694. The highest BCUT2D eigenvalue weighted by Crippen LogP contribution is 2.24. The topological polar surface area (TPSA) is 158 Å². The molecule has 0 aromatic carbocycles. The summed E-state index contributed by atoms with van der Waals surface area (Å²) in [5.41, 5.74) is 0. The van der Waals surface area contributed by atoms with Gasteiger partial charge in [-0.25, -0.2) is 9.59 Å². The second-order valence-corrected chi connectivity index (χ2v) is 38.4. The van der Waals surface area contributed by atoms with Crippen molar-refractivity contribution in [1.29, 1.82) is 0 Å². The van der Waals surface area contributed by atoms with E-state index >= 15 is 0 Å². The molecule has 0 radical (unpaired) electrons. The lowest BCUT2D eigenvalue weighted by atomic mass is 10.5. The van der Waals surface area contributed by atoms with Gasteiger partial charge in [0, 0.05) is 28.3 Å². The molecular formula is C36H81ClO11Si6. The van der Waals surface area contributed by atoms with Crippen molar-refractivity contribution in [3.8, 4) is 0 Å². The second-order valence-electron chi connectivity index (χ2n) is 15.1. The Hall–Kier alpha value is -1.08. The van der Waals surface area contributed by atoms with Gasteiger partial charge in [-0.3, -0.25) is 4.79 Å². The maximum Gasteiger partial charge on any atom is 0.330 e. The first-order valence-electron chi connectivity index (χ1n) is 19.7. The van der Waals surface area contributed by atoms with Crippen molar-refractivity contribution in [2.24, 2.45) is 0 Å². The molecule has 0 saturated carbocycles. The van der Waals surface area contributed by atoms with Crippen LogP contribution in [0.25, 0.3) is 0 Å². The van der Waals surface area contributed by atoms with Gasteiger partial charge in [0.1, 0.15) is 0 Å². The maximum atomic E-state index is 11.0. The molecule has 0 fully saturated rings. The molecule has 322 valence electrons. The summed E-state index contributed by atoms with van der Waals surface area (Å²) in [5.74, 6) is -0.761. The minimum absolute atomic E-state index is 0.0833. The van der Waals surface area contributed by atoms with Crippen molar-refractivity contribution in [3.63, 3.8) is 0 Å². The first kappa shape index (κ1) is 59.6. The van der Waals surface area contributed by atoms with Crippen molar-refractivity contribution >= 4 is 80.1 Å². The van der Waals surface area contributed by atoms with Crippen molar-refractivity contribution in [3.05, 3.63) is 50.6 Å². The molecule has 0 spiro atoms. The molecule has 3 N–H and O–H groups in total. The molecule has 0 unspecified atom stereocenters. The summed E-state index contributed by atoms with van der Waals surface area (Å²) >= 11 is 4.71. The first-order valence-corrected chi connectivity index (χ1v) is 37.1. The lowest BCUT2D eigenvalue weighted by Crippen LogP contribution is -2.44. The number of aliphatic hydroxyl groups is 3. The fourth-order valence-corrected chi connectivity index (χ4v) is 26.7. The molecule has 0 saturated heterocycles. The van der Waals surface area contributed by atoms with Crippen LogP contribution < -0.4 is 0 Å². The molecule has 0 aliphatic heterocycles. The Kier molecular flexibility index (Phi) is 41.4. The van der Waals surface area contributed by atoms with Gasteiger partial charge in [-0.2, -0.15) is 0 Å². The highest BCUT2D eigenvalue weighted by Gasteiger charge is 2.33. The number of hydrogen-bond acceptors (Lipinski definition) is 11. The number of ether oxygens (including phenoxy) is 2. The summed E-state index contributed by atoms with van der Waals surface area (Å²) in [6.45, 7) is 41.0. The second kappa shape index (κ2) is 37.5. The molecule has 0 aliphatic rings. The number of rotatable bonds is 24. The van der Waals surface area contributed by atoms with Gasteiger partial charge in [0.15, 0.2) is 51.4 Å². The zero-order chi connectivity index (χ0) is 45.4. The molecule has 18 heteroatoms. The van der Waals surface area contributed by atoms with E-state index < -0.39 is 56.6 Å². The molecule has 0 atom stereocenters. The van der Waals surface area contributed by atoms with Crippen LogP contribution in [-0.2, 0) is 36.2 Å². The number of carbonyl (C=O) groups excluding carboxylic acids is 3. The van der Waals surface area contributed by atoms with Crippen LogP contribution in [0.3, 0.4) is 0 Å². The largest absolute Gasteiger partial charge is 0.463 e. The van der Waals surface area contributed by atoms with E-state index in [9.17, 15) is 14.4 Å². The van der Waals surface area contributed by atoms with Crippen LogP contribution in [0, 0.1) is 0 Å². The predicted molar refractivity (Wildman–Crippen MR) is 246 cm³/mol. The predicted octanol–water partition coefficient (Wildman–Crippen LogP) is 8.15. The van der Waals surface area contributed by atoms with E-state index in [-0.39, 0.29) is 31.8 Å². The molecule has 0 amide bonds. The normalized spacial score (nSPS) is 11.3. The Balaban J connectivity index is -0.000000161. The van der Waals surface area contributed by atoms with Crippen molar-refractivity contribution in [2.45, 2.75) is 128 Å². The number of halogens is 1. The summed E-state index contributed by atoms with van der Waals surface area (Å²) in [5, 5.41) is 24.9. The van der Waals surface area contributed by atoms with Crippen LogP contribution in [-0.4, -0.2) is 117 Å². The molecule has 0 rings (SSSR count). The van der Waals surface area contributed by atoms with Gasteiger partial charge in [-0.05, 0) is 146 Å². The molecule has 54 heavy (non-hydrogen) atoms. The number of carbonyl (C=O) groups is 3. The van der Waals surface area contributed by atoms with Gasteiger partial charge in [0.25, 0.3) is 0 Å². The average Bonchev–Trinajstić information content (AvgIpc) is 3.10. The summed E-state index contributed by atoms with van der Waals surface area (Å²) in [7, 11) is -8.09. The quantitative estimate of drug-likeness (QED) is 0.0215. The van der Waals surface area contributed by atoms with E-state index in [4.69, 9.17) is 51.7 Å². The van der Waals surface area contributed by atoms with Crippen molar-refractivity contribution < 1.29 is 54.5 Å². The summed E-state index contributed by atoms with van der Waals surface area (Å²) in [4.78, 5) is 31.4. The molecule has 0 aromatic heterocycles. The van der Waals surface area contributed by atoms with E-state index in [1.807, 2.05) is 0 Å². The van der Waals surface area contributed by atoms with Crippen molar-refractivity contribution in [2.75, 3.05) is 33.0 Å². The lowest BCUT2D eigenvalue weighted by Gasteiger charge is -2.34. The highest BCUT2D eigenvalue weighted by molar-refractivity contribution is 6.85. The number of esters is 2. The third-order valence-electron chi connectivity index (χ3n) is 6.48. The van der Waals surface area contributed by atoms with E-state index in [1.54, 1.807) is 0 Å². The zero-order valence-electron chi connectivity index (χ0n) is 38.0. The zero-order valence-corrected chi connectivity index (χ0v) is 43.0. The molecule has 0 aromatic rings. The Morgan fingerprint density at radius 3 is 1.04 bits per heavy atom. The molecule has 0 bridgehead atoms. The van der Waals surface area contributed by atoms with Gasteiger partial charge in [0.05, 0.1) is 19.8 Å². The van der Waals surface area contributed by atoms with Crippen LogP contribution in [0.4, 0.5) is 0 Å². The fourth-order valence-electron chi connectivity index (χ4n) is 4.71. The van der Waals surface area contributed by atoms with E-state index in [0.717, 1.165) is 55.9 Å². The van der Waals surface area contributed by atoms with Gasteiger partial charge >= 0.3 is 11.9 Å². The minimum Gasteiger partial charge on any atom is -0.463 e. The Morgan fingerprint density at radius 1 is 0.611 bits per heavy atom. The highest BCUT2D eigenvalue weighted by atomic mass is 35.5. The Labute approximate surface area is 345 Å². The van der Waals surface area contributed by atoms with Gasteiger partial charge in [-0.15, -0.1) is 6.58 Å². The number of hydrogen-bond donors (Lipinski definition) is 3. The summed E-state index contributed by atoms with van der Waals surface area (Å²) < 4.78 is 38.2. The Bertz CT molecular complexity index is 962. The molecule has 0 heterocycles. The van der Waals surface area contributed by atoms with Gasteiger partial charge in [0.2, 0.25) is 5.24 Å². The average molecular weight is 896 g/mol. The SMILES string of the molecule is C=CC(=O)Cl.C=CC(=O)OCCC[Si](C)(C)O[Si](C)(C)CCCOC(=O)C=C.C=CCO.C[SiH](C)O[SiH](C)C.C[Si](C)(CCCO)O[Si](C)(C)CCCO.[2H][2H]. The smallest absolute Gasteiger partial charge is 0.330 e. The standard InChI is InChI=1S/C16H30O5Si2.C10H26O3Si2.C4H14OSi2.C3H3ClO.C3H6O.H2/c1-7-15(17)19-11-9-13-22(3,4)21-23(5,6)14-10-12-20-16(18)8-2;1-14(2,9-5-7-11)13-15(3,4)10-6-8-12;1-6(2)5-7(3)4;1-2-3(4)5;1-2-3-4;/h7-8H,1-2,9-14H2,3-6H3;11-12H,5-10H2,1-4H3;6-7H,1-4H3;2H,1H2;2,4H,1,3H2;1H/i;;;;;1+1D. The van der Waals surface area contributed by atoms with Gasteiger partial charge in [-0.1, -0.05) is 25.8 Å². The van der Waals surface area contributed by atoms with Crippen LogP contribution in [0.5, 0.6) is 0 Å². The maximum absolute atomic E-state index is 11.0. The lowest BCUT2D eigenvalue weighted by molar-refractivity contribution is -0.138. The summed E-state index contributed by atoms with van der Waals surface area (Å²) in [6.07, 6.45) is 8.14. The molecular weight excluding hydrogens is 812 g/mol.